The van der Waals surface area contributed by atoms with Crippen LogP contribution in [0.2, 0.25) is 0 Å². The molecule has 1 aliphatic heterocycles. The number of hydrogen-bond acceptors (Lipinski definition) is 4. The van der Waals surface area contributed by atoms with Crippen LogP contribution >= 0.6 is 0 Å². The van der Waals surface area contributed by atoms with Crippen molar-refractivity contribution in [2.45, 2.75) is 5.44 Å². The van der Waals surface area contributed by atoms with Crippen molar-refractivity contribution in [3.8, 4) is 11.5 Å². The molecule has 4 nitrogen and oxygen atoms in total. The molecule has 1 unspecified atom stereocenters. The van der Waals surface area contributed by atoms with E-state index in [9.17, 15) is 8.42 Å². The minimum absolute atomic E-state index is 0.0210. The van der Waals surface area contributed by atoms with Crippen LogP contribution in [0, 0.1) is 0 Å². The van der Waals surface area contributed by atoms with E-state index in [2.05, 4.69) is 6.58 Å². The van der Waals surface area contributed by atoms with E-state index >= 15 is 0 Å². The molecule has 0 bridgehead atoms. The van der Waals surface area contributed by atoms with Crippen LogP contribution in [-0.2, 0) is 9.84 Å². The fraction of sp³-hybridized carbons (Fsp3) is 0.273. The molecule has 1 aromatic rings. The topological polar surface area (TPSA) is 52.6 Å². The van der Waals surface area contributed by atoms with Gasteiger partial charge in [0.05, 0.1) is 5.75 Å². The van der Waals surface area contributed by atoms with Crippen molar-refractivity contribution in [3.05, 3.63) is 36.9 Å². The van der Waals surface area contributed by atoms with E-state index in [1.165, 1.54) is 6.08 Å². The van der Waals surface area contributed by atoms with Crippen molar-refractivity contribution in [2.24, 2.45) is 0 Å². The van der Waals surface area contributed by atoms with Crippen molar-refractivity contribution in [1.29, 1.82) is 0 Å². The van der Waals surface area contributed by atoms with Crippen LogP contribution in [-0.4, -0.2) is 26.2 Å². The van der Waals surface area contributed by atoms with Gasteiger partial charge in [-0.1, -0.05) is 18.2 Å². The second kappa shape index (κ2) is 4.17. The maximum Gasteiger partial charge on any atom is 0.233 e. The number of ether oxygens (including phenoxy) is 2. The molecule has 5 heteroatoms. The van der Waals surface area contributed by atoms with Gasteiger partial charge in [0.25, 0.3) is 0 Å². The molecular formula is C11H12O4S. The van der Waals surface area contributed by atoms with Crippen LogP contribution in [0.5, 0.6) is 11.5 Å². The summed E-state index contributed by atoms with van der Waals surface area (Å²) in [7, 11) is -3.34. The second-order valence-corrected chi connectivity index (χ2v) is 5.61. The molecule has 16 heavy (non-hydrogen) atoms. The first-order valence-electron chi connectivity index (χ1n) is 4.84. The van der Waals surface area contributed by atoms with Crippen molar-refractivity contribution in [2.75, 3.05) is 12.4 Å². The highest BCUT2D eigenvalue weighted by atomic mass is 32.2. The van der Waals surface area contributed by atoms with Gasteiger partial charge in [0.1, 0.15) is 6.61 Å². The first kappa shape index (κ1) is 11.0. The van der Waals surface area contributed by atoms with Crippen LogP contribution in [0.4, 0.5) is 0 Å². The van der Waals surface area contributed by atoms with E-state index in [0.717, 1.165) is 0 Å². The average Bonchev–Trinajstić information content (AvgIpc) is 2.28. The summed E-state index contributed by atoms with van der Waals surface area (Å²) in [5.74, 6) is 0.933. The van der Waals surface area contributed by atoms with Crippen molar-refractivity contribution < 1.29 is 17.9 Å². The smallest absolute Gasteiger partial charge is 0.233 e. The van der Waals surface area contributed by atoms with Gasteiger partial charge in [0.15, 0.2) is 21.3 Å². The molecule has 1 heterocycles. The van der Waals surface area contributed by atoms with E-state index in [-0.39, 0.29) is 12.4 Å². The molecule has 0 N–H and O–H groups in total. The molecule has 0 saturated heterocycles. The Bertz CT molecular complexity index is 492. The summed E-state index contributed by atoms with van der Waals surface area (Å²) in [6.07, 6.45) is 1.35. The highest BCUT2D eigenvalue weighted by molar-refractivity contribution is 7.92. The minimum atomic E-state index is -3.34. The van der Waals surface area contributed by atoms with Crippen LogP contribution in [0.1, 0.15) is 0 Å². The predicted molar refractivity (Wildman–Crippen MR) is 60.3 cm³/mol. The molecule has 1 aromatic carbocycles. The molecule has 0 aromatic heterocycles. The predicted octanol–water partition coefficient (Wildman–Crippen LogP) is 1.38. The quantitative estimate of drug-likeness (QED) is 0.749. The zero-order chi connectivity index (χ0) is 11.6. The Hall–Kier alpha value is -1.49. The molecular weight excluding hydrogens is 228 g/mol. The lowest BCUT2D eigenvalue weighted by Crippen LogP contribution is -2.37. The molecule has 0 saturated carbocycles. The Morgan fingerprint density at radius 3 is 2.75 bits per heavy atom. The van der Waals surface area contributed by atoms with Crippen LogP contribution in [0.25, 0.3) is 0 Å². The lowest BCUT2D eigenvalue weighted by molar-refractivity contribution is 0.142. The van der Waals surface area contributed by atoms with E-state index in [4.69, 9.17) is 9.47 Å². The molecule has 0 radical (unpaired) electrons. The van der Waals surface area contributed by atoms with Crippen LogP contribution in [0.3, 0.4) is 0 Å². The Morgan fingerprint density at radius 1 is 1.38 bits per heavy atom. The Balaban J connectivity index is 2.23. The standard InChI is InChI=1S/C11H12O4S/c1-2-7-16(12,13)11-8-14-9-5-3-4-6-10(9)15-11/h2-6,11H,1,7-8H2. The van der Waals surface area contributed by atoms with Gasteiger partial charge in [-0.15, -0.1) is 6.58 Å². The van der Waals surface area contributed by atoms with Gasteiger partial charge in [-0.3, -0.25) is 0 Å². The number of para-hydroxylation sites is 2. The van der Waals surface area contributed by atoms with Gasteiger partial charge in [-0.05, 0) is 12.1 Å². The summed E-state index contributed by atoms with van der Waals surface area (Å²) >= 11 is 0. The fourth-order valence-electron chi connectivity index (χ4n) is 1.45. The molecule has 1 atom stereocenters. The highest BCUT2D eigenvalue weighted by Gasteiger charge is 2.31. The summed E-state index contributed by atoms with van der Waals surface area (Å²) in [4.78, 5) is 0. The second-order valence-electron chi connectivity index (χ2n) is 3.42. The highest BCUT2D eigenvalue weighted by Crippen LogP contribution is 2.32. The van der Waals surface area contributed by atoms with E-state index in [0.29, 0.717) is 11.5 Å². The summed E-state index contributed by atoms with van der Waals surface area (Å²) in [6.45, 7) is 3.43. The first-order chi connectivity index (χ1) is 7.63. The lowest BCUT2D eigenvalue weighted by Gasteiger charge is -2.25. The van der Waals surface area contributed by atoms with Crippen molar-refractivity contribution in [1.82, 2.24) is 0 Å². The summed E-state index contributed by atoms with van der Waals surface area (Å²) < 4.78 is 34.2. The van der Waals surface area contributed by atoms with E-state index in [1.807, 2.05) is 0 Å². The summed E-state index contributed by atoms with van der Waals surface area (Å²) in [6, 6.07) is 7.00. The normalized spacial score (nSPS) is 19.1. The maximum atomic E-state index is 11.7. The molecule has 0 fully saturated rings. The van der Waals surface area contributed by atoms with Crippen LogP contribution < -0.4 is 9.47 Å². The number of sulfone groups is 1. The Kier molecular flexibility index (Phi) is 2.87. The van der Waals surface area contributed by atoms with Gasteiger partial charge in [-0.25, -0.2) is 8.42 Å². The van der Waals surface area contributed by atoms with Gasteiger partial charge < -0.3 is 9.47 Å². The third kappa shape index (κ3) is 2.04. The Labute approximate surface area is 94.4 Å². The number of benzene rings is 1. The number of fused-ring (bicyclic) bond motifs is 1. The zero-order valence-electron chi connectivity index (χ0n) is 8.63. The fourth-order valence-corrected chi connectivity index (χ4v) is 2.52. The van der Waals surface area contributed by atoms with Crippen molar-refractivity contribution >= 4 is 9.84 Å². The van der Waals surface area contributed by atoms with E-state index < -0.39 is 15.3 Å². The zero-order valence-corrected chi connectivity index (χ0v) is 9.44. The van der Waals surface area contributed by atoms with Gasteiger partial charge in [0, 0.05) is 0 Å². The summed E-state index contributed by atoms with van der Waals surface area (Å²) in [5, 5.41) is 0. The molecule has 0 spiro atoms. The van der Waals surface area contributed by atoms with E-state index in [1.54, 1.807) is 24.3 Å². The average molecular weight is 240 g/mol. The van der Waals surface area contributed by atoms with Gasteiger partial charge in [-0.2, -0.15) is 0 Å². The first-order valence-corrected chi connectivity index (χ1v) is 6.56. The monoisotopic (exact) mass is 240 g/mol. The lowest BCUT2D eigenvalue weighted by atomic mass is 10.3. The molecule has 86 valence electrons. The third-order valence-electron chi connectivity index (χ3n) is 2.23. The summed E-state index contributed by atoms with van der Waals surface area (Å²) in [5.41, 5.74) is -0.944. The molecule has 2 rings (SSSR count). The Morgan fingerprint density at radius 2 is 2.06 bits per heavy atom. The molecule has 0 amide bonds. The largest absolute Gasteiger partial charge is 0.485 e. The SMILES string of the molecule is C=CCS(=O)(=O)C1COc2ccccc2O1. The number of hydrogen-bond donors (Lipinski definition) is 0. The van der Waals surface area contributed by atoms with Crippen molar-refractivity contribution in [3.63, 3.8) is 0 Å². The maximum absolute atomic E-state index is 11.7. The number of rotatable bonds is 3. The third-order valence-corrected chi connectivity index (χ3v) is 3.97. The van der Waals surface area contributed by atoms with Gasteiger partial charge >= 0.3 is 0 Å². The molecule has 0 aliphatic carbocycles. The molecule has 1 aliphatic rings. The van der Waals surface area contributed by atoms with Crippen LogP contribution in [0.15, 0.2) is 36.9 Å². The minimum Gasteiger partial charge on any atom is -0.485 e. The van der Waals surface area contributed by atoms with Gasteiger partial charge in [0.2, 0.25) is 5.44 Å².